The van der Waals surface area contributed by atoms with Crippen molar-refractivity contribution in [1.29, 1.82) is 0 Å². The lowest BCUT2D eigenvalue weighted by atomic mass is 9.97. The summed E-state index contributed by atoms with van der Waals surface area (Å²) in [4.78, 5) is 0. The second-order valence-corrected chi connectivity index (χ2v) is 6.70. The molecule has 1 heterocycles. The number of halogens is 2. The van der Waals surface area contributed by atoms with Crippen LogP contribution in [0.3, 0.4) is 0 Å². The Morgan fingerprint density at radius 3 is 2.76 bits per heavy atom. The molecular weight excluding hydrogens is 287 g/mol. The van der Waals surface area contributed by atoms with Crippen LogP contribution in [0.1, 0.15) is 35.9 Å². The summed E-state index contributed by atoms with van der Waals surface area (Å²) in [5.41, 5.74) is 2.68. The zero-order valence-electron chi connectivity index (χ0n) is 12.2. The molecule has 0 aromatic heterocycles. The van der Waals surface area contributed by atoms with Gasteiger partial charge in [0.15, 0.2) is 0 Å². The molecule has 3 rings (SSSR count). The van der Waals surface area contributed by atoms with Gasteiger partial charge >= 0.3 is 0 Å². The summed E-state index contributed by atoms with van der Waals surface area (Å²) >= 11 is 6.48. The molecule has 1 atom stereocenters. The quantitative estimate of drug-likeness (QED) is 0.720. The summed E-state index contributed by atoms with van der Waals surface area (Å²) in [7, 11) is 0. The minimum atomic E-state index is -0.240. The summed E-state index contributed by atoms with van der Waals surface area (Å²) in [6.45, 7) is 4.15. The van der Waals surface area contributed by atoms with E-state index >= 15 is 0 Å². The molecule has 2 aromatic rings. The molecule has 0 fully saturated rings. The third-order valence-electron chi connectivity index (χ3n) is 3.81. The van der Waals surface area contributed by atoms with Crippen LogP contribution in [-0.2, 0) is 12.8 Å². The summed E-state index contributed by atoms with van der Waals surface area (Å²) in [6, 6.07) is 12.8. The first kappa shape index (κ1) is 14.4. The molecule has 0 aliphatic carbocycles. The Labute approximate surface area is 129 Å². The topological polar surface area (TPSA) is 9.23 Å². The van der Waals surface area contributed by atoms with Crippen LogP contribution in [0.2, 0.25) is 0 Å². The van der Waals surface area contributed by atoms with Gasteiger partial charge in [-0.15, -0.1) is 11.6 Å². The van der Waals surface area contributed by atoms with Crippen LogP contribution in [0.25, 0.3) is 0 Å². The molecule has 21 heavy (non-hydrogen) atoms. The van der Waals surface area contributed by atoms with Crippen LogP contribution in [0, 0.1) is 5.82 Å². The molecule has 3 heteroatoms. The summed E-state index contributed by atoms with van der Waals surface area (Å²) in [6.07, 6.45) is 1.36. The minimum absolute atomic E-state index is 0.158. The van der Waals surface area contributed by atoms with Gasteiger partial charge in [0.25, 0.3) is 0 Å². The minimum Gasteiger partial charge on any atom is -0.487 e. The van der Waals surface area contributed by atoms with Gasteiger partial charge in [0.2, 0.25) is 0 Å². The van der Waals surface area contributed by atoms with E-state index in [1.165, 1.54) is 11.6 Å². The Hall–Kier alpha value is -1.54. The van der Waals surface area contributed by atoms with Crippen LogP contribution in [0.5, 0.6) is 5.75 Å². The molecular formula is C18H18ClFO. The van der Waals surface area contributed by atoms with Gasteiger partial charge in [-0.1, -0.05) is 30.3 Å². The zero-order chi connectivity index (χ0) is 15.0. The Balaban J connectivity index is 1.81. The van der Waals surface area contributed by atoms with Gasteiger partial charge < -0.3 is 4.74 Å². The van der Waals surface area contributed by atoms with Crippen LogP contribution < -0.4 is 4.74 Å². The molecule has 0 N–H and O–H groups in total. The van der Waals surface area contributed by atoms with E-state index in [9.17, 15) is 4.39 Å². The van der Waals surface area contributed by atoms with Crippen LogP contribution in [0.4, 0.5) is 4.39 Å². The highest BCUT2D eigenvalue weighted by molar-refractivity contribution is 6.20. The number of ether oxygens (including phenoxy) is 1. The number of hydrogen-bond acceptors (Lipinski definition) is 1. The third-order valence-corrected chi connectivity index (χ3v) is 4.21. The number of benzene rings is 2. The van der Waals surface area contributed by atoms with E-state index in [0.717, 1.165) is 17.7 Å². The lowest BCUT2D eigenvalue weighted by molar-refractivity contribution is 0.138. The first-order valence-electron chi connectivity index (χ1n) is 7.14. The smallest absolute Gasteiger partial charge is 0.126 e. The molecule has 1 unspecified atom stereocenters. The van der Waals surface area contributed by atoms with E-state index in [-0.39, 0.29) is 16.8 Å². The van der Waals surface area contributed by atoms with Crippen molar-refractivity contribution < 1.29 is 9.13 Å². The fourth-order valence-electron chi connectivity index (χ4n) is 2.80. The lowest BCUT2D eigenvalue weighted by Crippen LogP contribution is -2.24. The largest absolute Gasteiger partial charge is 0.487 e. The lowest BCUT2D eigenvalue weighted by Gasteiger charge is -2.16. The number of rotatable bonds is 3. The fraction of sp³-hybridized carbons (Fsp3) is 0.333. The molecule has 0 bridgehead atoms. The van der Waals surface area contributed by atoms with E-state index in [4.69, 9.17) is 16.3 Å². The van der Waals surface area contributed by atoms with E-state index < -0.39 is 0 Å². The van der Waals surface area contributed by atoms with Crippen molar-refractivity contribution >= 4 is 11.6 Å². The normalized spacial score (nSPS) is 17.1. The highest BCUT2D eigenvalue weighted by atomic mass is 35.5. The zero-order valence-corrected chi connectivity index (χ0v) is 13.0. The molecule has 0 saturated carbocycles. The highest BCUT2D eigenvalue weighted by Gasteiger charge is 2.30. The van der Waals surface area contributed by atoms with Gasteiger partial charge in [0, 0.05) is 6.42 Å². The first-order chi connectivity index (χ1) is 9.94. The second-order valence-electron chi connectivity index (χ2n) is 6.17. The van der Waals surface area contributed by atoms with Crippen molar-refractivity contribution in [2.45, 2.75) is 37.7 Å². The van der Waals surface area contributed by atoms with Crippen molar-refractivity contribution in [1.82, 2.24) is 0 Å². The third kappa shape index (κ3) is 3.06. The maximum Gasteiger partial charge on any atom is 0.126 e. The molecule has 110 valence electrons. The number of fused-ring (bicyclic) bond motifs is 1. The monoisotopic (exact) mass is 304 g/mol. The fourth-order valence-corrected chi connectivity index (χ4v) is 3.10. The van der Waals surface area contributed by atoms with Crippen molar-refractivity contribution in [3.63, 3.8) is 0 Å². The molecule has 0 saturated heterocycles. The average Bonchev–Trinajstić information content (AvgIpc) is 2.74. The Morgan fingerprint density at radius 1 is 1.24 bits per heavy atom. The standard InChI is InChI=1S/C18H18ClFO/c1-18(2)11-14-9-12(7-8-17(14)21-18)15(19)10-13-5-3-4-6-16(13)20/h3-9,15H,10-11H2,1-2H3. The SMILES string of the molecule is CC1(C)Cc2cc(C(Cl)Cc3ccccc3F)ccc2O1. The maximum absolute atomic E-state index is 13.7. The highest BCUT2D eigenvalue weighted by Crippen LogP contribution is 2.37. The number of hydrogen-bond donors (Lipinski definition) is 0. The van der Waals surface area contributed by atoms with E-state index in [1.54, 1.807) is 12.1 Å². The predicted octanol–water partition coefficient (Wildman–Crippen LogP) is 5.06. The predicted molar refractivity (Wildman–Crippen MR) is 83.6 cm³/mol. The molecule has 0 amide bonds. The van der Waals surface area contributed by atoms with Gasteiger partial charge in [0.1, 0.15) is 17.2 Å². The molecule has 2 aromatic carbocycles. The maximum atomic E-state index is 13.7. The van der Waals surface area contributed by atoms with Crippen LogP contribution in [-0.4, -0.2) is 5.60 Å². The Bertz CT molecular complexity index is 666. The van der Waals surface area contributed by atoms with Gasteiger partial charge in [-0.25, -0.2) is 4.39 Å². The van der Waals surface area contributed by atoms with Gasteiger partial charge in [-0.2, -0.15) is 0 Å². The first-order valence-corrected chi connectivity index (χ1v) is 7.57. The summed E-state index contributed by atoms with van der Waals surface area (Å²) in [5, 5.41) is -0.240. The molecule has 0 spiro atoms. The van der Waals surface area contributed by atoms with Crippen molar-refractivity contribution in [3.8, 4) is 5.75 Å². The van der Waals surface area contributed by atoms with Crippen molar-refractivity contribution in [2.75, 3.05) is 0 Å². The van der Waals surface area contributed by atoms with Gasteiger partial charge in [-0.05, 0) is 49.1 Å². The summed E-state index contributed by atoms with van der Waals surface area (Å²) < 4.78 is 19.6. The Morgan fingerprint density at radius 2 is 2.00 bits per heavy atom. The van der Waals surface area contributed by atoms with Crippen LogP contribution >= 0.6 is 11.6 Å². The second kappa shape index (κ2) is 5.34. The van der Waals surface area contributed by atoms with Crippen molar-refractivity contribution in [2.24, 2.45) is 0 Å². The van der Waals surface area contributed by atoms with E-state index in [0.29, 0.717) is 12.0 Å². The molecule has 0 radical (unpaired) electrons. The summed E-state index contributed by atoms with van der Waals surface area (Å²) in [5.74, 6) is 0.729. The van der Waals surface area contributed by atoms with E-state index in [1.807, 2.05) is 18.2 Å². The average molecular weight is 305 g/mol. The molecule has 1 nitrogen and oxygen atoms in total. The molecule has 1 aliphatic rings. The van der Waals surface area contributed by atoms with Gasteiger partial charge in [-0.3, -0.25) is 0 Å². The van der Waals surface area contributed by atoms with Crippen molar-refractivity contribution in [3.05, 3.63) is 65.0 Å². The molecule has 1 aliphatic heterocycles. The van der Waals surface area contributed by atoms with E-state index in [2.05, 4.69) is 19.9 Å². The van der Waals surface area contributed by atoms with Crippen LogP contribution in [0.15, 0.2) is 42.5 Å². The Kier molecular flexibility index (Phi) is 3.66. The number of alkyl halides is 1. The van der Waals surface area contributed by atoms with Gasteiger partial charge in [0.05, 0.1) is 5.38 Å².